The summed E-state index contributed by atoms with van der Waals surface area (Å²) in [5.41, 5.74) is -0.385. The Labute approximate surface area is 131 Å². The van der Waals surface area contributed by atoms with Crippen LogP contribution in [0.15, 0.2) is 34.8 Å². The summed E-state index contributed by atoms with van der Waals surface area (Å²) >= 11 is 8.96. The van der Waals surface area contributed by atoms with Crippen LogP contribution in [0.1, 0.15) is 5.56 Å². The van der Waals surface area contributed by atoms with Gasteiger partial charge in [-0.25, -0.2) is 4.39 Å². The zero-order chi connectivity index (χ0) is 15.6. The van der Waals surface area contributed by atoms with Crippen LogP contribution in [-0.2, 0) is 5.88 Å². The molecule has 0 N–H and O–H groups in total. The third kappa shape index (κ3) is 3.48. The fourth-order valence-electron chi connectivity index (χ4n) is 1.59. The highest BCUT2D eigenvalue weighted by molar-refractivity contribution is 9.10. The van der Waals surface area contributed by atoms with Crippen molar-refractivity contribution in [3.8, 4) is 11.5 Å². The van der Waals surface area contributed by atoms with Crippen LogP contribution < -0.4 is 4.74 Å². The van der Waals surface area contributed by atoms with Crippen molar-refractivity contribution in [2.45, 2.75) is 5.88 Å². The number of ether oxygens (including phenoxy) is 1. The normalized spacial score (nSPS) is 10.5. The summed E-state index contributed by atoms with van der Waals surface area (Å²) in [5.74, 6) is -2.34. The van der Waals surface area contributed by atoms with Gasteiger partial charge in [-0.2, -0.15) is 4.39 Å². The highest BCUT2D eigenvalue weighted by Crippen LogP contribution is 2.33. The number of nitro benzene ring substituents is 1. The van der Waals surface area contributed by atoms with Crippen molar-refractivity contribution < 1.29 is 18.4 Å². The van der Waals surface area contributed by atoms with E-state index in [9.17, 15) is 18.9 Å². The van der Waals surface area contributed by atoms with Gasteiger partial charge in [-0.05, 0) is 12.1 Å². The minimum atomic E-state index is -1.18. The Morgan fingerprint density at radius 2 is 1.90 bits per heavy atom. The Morgan fingerprint density at radius 1 is 1.19 bits per heavy atom. The van der Waals surface area contributed by atoms with Gasteiger partial charge < -0.3 is 4.74 Å². The van der Waals surface area contributed by atoms with Gasteiger partial charge in [-0.1, -0.05) is 22.0 Å². The van der Waals surface area contributed by atoms with Gasteiger partial charge in [0.2, 0.25) is 5.82 Å². The Balaban J connectivity index is 2.43. The Kier molecular flexibility index (Phi) is 4.74. The third-order valence-corrected chi connectivity index (χ3v) is 3.37. The van der Waals surface area contributed by atoms with E-state index in [1.165, 1.54) is 6.07 Å². The van der Waals surface area contributed by atoms with Crippen molar-refractivity contribution in [3.05, 3.63) is 62.1 Å². The molecule has 0 aliphatic rings. The average Bonchev–Trinajstić information content (AvgIpc) is 2.42. The number of nitrogens with zero attached hydrogens (tertiary/aromatic N) is 1. The summed E-state index contributed by atoms with van der Waals surface area (Å²) in [6, 6.07) is 6.02. The first kappa shape index (κ1) is 15.7. The van der Waals surface area contributed by atoms with Crippen LogP contribution >= 0.6 is 27.5 Å². The third-order valence-electron chi connectivity index (χ3n) is 2.59. The van der Waals surface area contributed by atoms with E-state index in [1.54, 1.807) is 12.1 Å². The van der Waals surface area contributed by atoms with E-state index in [1.807, 2.05) is 0 Å². The molecule has 0 saturated carbocycles. The maximum absolute atomic E-state index is 13.8. The summed E-state index contributed by atoms with van der Waals surface area (Å²) in [4.78, 5) is 9.51. The predicted octanol–water partition coefficient (Wildman–Crippen LogP) is 5.17. The molecule has 21 heavy (non-hydrogen) atoms. The lowest BCUT2D eigenvalue weighted by Gasteiger charge is -2.11. The zero-order valence-corrected chi connectivity index (χ0v) is 12.6. The molecule has 0 unspecified atom stereocenters. The van der Waals surface area contributed by atoms with Crippen LogP contribution in [-0.4, -0.2) is 4.92 Å². The van der Waals surface area contributed by atoms with Gasteiger partial charge in [0.25, 0.3) is 0 Å². The van der Waals surface area contributed by atoms with Crippen molar-refractivity contribution >= 4 is 33.2 Å². The molecule has 0 aliphatic carbocycles. The average molecular weight is 379 g/mol. The number of alkyl halides is 1. The van der Waals surface area contributed by atoms with Crippen LogP contribution in [0.2, 0.25) is 0 Å². The van der Waals surface area contributed by atoms with Crippen molar-refractivity contribution in [3.63, 3.8) is 0 Å². The Morgan fingerprint density at radius 3 is 2.52 bits per heavy atom. The summed E-state index contributed by atoms with van der Waals surface area (Å²) in [6.07, 6.45) is 0. The molecule has 2 aromatic carbocycles. The molecule has 0 aromatic heterocycles. The van der Waals surface area contributed by atoms with Crippen molar-refractivity contribution in [2.75, 3.05) is 0 Å². The van der Waals surface area contributed by atoms with Gasteiger partial charge in [-0.15, -0.1) is 11.6 Å². The molecule has 0 atom stereocenters. The van der Waals surface area contributed by atoms with E-state index in [0.717, 1.165) is 0 Å². The topological polar surface area (TPSA) is 52.4 Å². The van der Waals surface area contributed by atoms with E-state index >= 15 is 0 Å². The van der Waals surface area contributed by atoms with Crippen LogP contribution in [0.4, 0.5) is 14.5 Å². The van der Waals surface area contributed by atoms with Crippen LogP contribution in [0.25, 0.3) is 0 Å². The van der Waals surface area contributed by atoms with E-state index in [-0.39, 0.29) is 11.6 Å². The van der Waals surface area contributed by atoms with E-state index in [0.29, 0.717) is 22.2 Å². The molecule has 2 aromatic rings. The molecule has 0 fully saturated rings. The van der Waals surface area contributed by atoms with Crippen molar-refractivity contribution in [2.24, 2.45) is 0 Å². The van der Waals surface area contributed by atoms with E-state index in [2.05, 4.69) is 15.9 Å². The maximum Gasteiger partial charge on any atom is 0.307 e. The highest BCUT2D eigenvalue weighted by atomic mass is 79.9. The molecule has 0 radical (unpaired) electrons. The molecule has 0 heterocycles. The van der Waals surface area contributed by atoms with Gasteiger partial charge in [0.1, 0.15) is 5.75 Å². The van der Waals surface area contributed by atoms with Gasteiger partial charge in [0, 0.05) is 16.1 Å². The summed E-state index contributed by atoms with van der Waals surface area (Å²) in [7, 11) is 0. The minimum Gasteiger partial charge on any atom is -0.454 e. The van der Waals surface area contributed by atoms with Crippen LogP contribution in [0, 0.1) is 21.7 Å². The summed E-state index contributed by atoms with van der Waals surface area (Å²) in [5, 5.41) is 10.5. The standard InChI is InChI=1S/C13H7BrClF2NO3/c14-8-2-1-7(6-15)12(3-8)21-13-5-9(16)11(18(19)20)4-10(13)17/h1-5H,6H2. The fourth-order valence-corrected chi connectivity index (χ4v) is 2.15. The lowest BCUT2D eigenvalue weighted by molar-refractivity contribution is -0.387. The monoisotopic (exact) mass is 377 g/mol. The molecular weight excluding hydrogens is 372 g/mol. The first-order valence-electron chi connectivity index (χ1n) is 5.58. The molecule has 0 bridgehead atoms. The molecule has 0 amide bonds. The molecular formula is C13H7BrClF2NO3. The summed E-state index contributed by atoms with van der Waals surface area (Å²) < 4.78 is 33.2. The predicted molar refractivity (Wildman–Crippen MR) is 76.8 cm³/mol. The smallest absolute Gasteiger partial charge is 0.307 e. The summed E-state index contributed by atoms with van der Waals surface area (Å²) in [6.45, 7) is 0. The van der Waals surface area contributed by atoms with E-state index < -0.39 is 28.0 Å². The van der Waals surface area contributed by atoms with Gasteiger partial charge in [0.15, 0.2) is 11.6 Å². The number of halogens is 4. The lowest BCUT2D eigenvalue weighted by Crippen LogP contribution is -1.97. The fraction of sp³-hybridized carbons (Fsp3) is 0.0769. The number of nitro groups is 1. The quantitative estimate of drug-likeness (QED) is 0.419. The number of benzene rings is 2. The second kappa shape index (κ2) is 6.36. The second-order valence-electron chi connectivity index (χ2n) is 3.98. The highest BCUT2D eigenvalue weighted by Gasteiger charge is 2.20. The van der Waals surface area contributed by atoms with E-state index in [4.69, 9.17) is 16.3 Å². The molecule has 0 spiro atoms. The van der Waals surface area contributed by atoms with Gasteiger partial charge in [0.05, 0.1) is 16.9 Å². The lowest BCUT2D eigenvalue weighted by atomic mass is 10.2. The first-order chi connectivity index (χ1) is 9.92. The number of hydrogen-bond donors (Lipinski definition) is 0. The van der Waals surface area contributed by atoms with Crippen molar-refractivity contribution in [1.29, 1.82) is 0 Å². The molecule has 0 aliphatic heterocycles. The minimum absolute atomic E-state index is 0.111. The molecule has 2 rings (SSSR count). The number of hydrogen-bond acceptors (Lipinski definition) is 3. The molecule has 4 nitrogen and oxygen atoms in total. The SMILES string of the molecule is O=[N+]([O-])c1cc(F)c(Oc2cc(Br)ccc2CCl)cc1F. The van der Waals surface area contributed by atoms with Gasteiger partial charge in [-0.3, -0.25) is 10.1 Å². The second-order valence-corrected chi connectivity index (χ2v) is 5.16. The molecule has 110 valence electrons. The first-order valence-corrected chi connectivity index (χ1v) is 6.91. The van der Waals surface area contributed by atoms with Crippen molar-refractivity contribution in [1.82, 2.24) is 0 Å². The maximum atomic E-state index is 13.8. The molecule has 0 saturated heterocycles. The van der Waals surface area contributed by atoms with Crippen LogP contribution in [0.5, 0.6) is 11.5 Å². The number of rotatable bonds is 4. The zero-order valence-electron chi connectivity index (χ0n) is 10.3. The Hall–Kier alpha value is -1.73. The van der Waals surface area contributed by atoms with Gasteiger partial charge >= 0.3 is 5.69 Å². The van der Waals surface area contributed by atoms with Crippen LogP contribution in [0.3, 0.4) is 0 Å². The molecule has 8 heteroatoms. The largest absolute Gasteiger partial charge is 0.454 e. The Bertz CT molecular complexity index is 712.